The first-order chi connectivity index (χ1) is 5.56. The van der Waals surface area contributed by atoms with E-state index in [2.05, 4.69) is 26.1 Å². The molecule has 72 valence electrons. The Kier molecular flexibility index (Phi) is 3.13. The van der Waals surface area contributed by atoms with E-state index < -0.39 is 0 Å². The monoisotopic (exact) mass is 171 g/mol. The Morgan fingerprint density at radius 3 is 2.58 bits per heavy atom. The molecule has 0 heterocycles. The molecule has 0 spiro atoms. The van der Waals surface area contributed by atoms with Gasteiger partial charge in [0.05, 0.1) is 0 Å². The molecule has 0 saturated heterocycles. The second-order valence-corrected chi connectivity index (χ2v) is 4.84. The fourth-order valence-electron chi connectivity index (χ4n) is 1.49. The van der Waals surface area contributed by atoms with Crippen molar-refractivity contribution in [2.45, 2.75) is 27.2 Å². The van der Waals surface area contributed by atoms with Crippen LogP contribution in [0.2, 0.25) is 0 Å². The molecule has 0 aliphatic heterocycles. The second kappa shape index (κ2) is 3.75. The fourth-order valence-corrected chi connectivity index (χ4v) is 1.49. The van der Waals surface area contributed by atoms with Crippen molar-refractivity contribution in [1.29, 1.82) is 0 Å². The molecule has 0 aromatic rings. The third kappa shape index (κ3) is 2.76. The van der Waals surface area contributed by atoms with E-state index in [0.29, 0.717) is 17.9 Å². The van der Waals surface area contributed by atoms with E-state index in [9.17, 15) is 0 Å². The molecule has 1 aliphatic carbocycles. The largest absolute Gasteiger partial charge is 0.396 e. The van der Waals surface area contributed by atoms with Crippen molar-refractivity contribution in [2.24, 2.45) is 17.3 Å². The predicted octanol–water partition coefficient (Wildman–Crippen LogP) is 1.25. The first-order valence-corrected chi connectivity index (χ1v) is 4.88. The molecule has 1 aliphatic rings. The van der Waals surface area contributed by atoms with E-state index in [4.69, 9.17) is 5.11 Å². The van der Waals surface area contributed by atoms with Crippen LogP contribution in [0.3, 0.4) is 0 Å². The quantitative estimate of drug-likeness (QED) is 0.652. The van der Waals surface area contributed by atoms with Gasteiger partial charge in [0, 0.05) is 6.61 Å². The minimum Gasteiger partial charge on any atom is -0.396 e. The maximum Gasteiger partial charge on any atom is 0.0468 e. The molecule has 0 amide bonds. The summed E-state index contributed by atoms with van der Waals surface area (Å²) in [6.45, 7) is 9.05. The van der Waals surface area contributed by atoms with Gasteiger partial charge >= 0.3 is 0 Å². The number of rotatable bonds is 5. The van der Waals surface area contributed by atoms with Gasteiger partial charge in [-0.05, 0) is 36.8 Å². The Balaban J connectivity index is 1.98. The summed E-state index contributed by atoms with van der Waals surface area (Å²) in [5.41, 5.74) is 0.579. The van der Waals surface area contributed by atoms with E-state index in [1.807, 2.05) is 0 Å². The molecule has 0 bridgehead atoms. The van der Waals surface area contributed by atoms with Crippen molar-refractivity contribution < 1.29 is 5.11 Å². The van der Waals surface area contributed by atoms with Crippen molar-refractivity contribution in [3.8, 4) is 0 Å². The highest BCUT2D eigenvalue weighted by molar-refractivity contribution is 4.96. The summed E-state index contributed by atoms with van der Waals surface area (Å²) in [6, 6.07) is 0. The first-order valence-electron chi connectivity index (χ1n) is 4.88. The molecule has 2 unspecified atom stereocenters. The van der Waals surface area contributed by atoms with E-state index in [1.54, 1.807) is 0 Å². The lowest BCUT2D eigenvalue weighted by molar-refractivity contribution is 0.233. The normalized spacial score (nSPS) is 28.5. The van der Waals surface area contributed by atoms with Crippen molar-refractivity contribution in [1.82, 2.24) is 5.32 Å². The van der Waals surface area contributed by atoms with Crippen molar-refractivity contribution in [2.75, 3.05) is 19.7 Å². The summed E-state index contributed by atoms with van der Waals surface area (Å²) in [7, 11) is 0. The number of aliphatic hydroxyl groups is 1. The molecule has 1 saturated carbocycles. The van der Waals surface area contributed by atoms with Crippen LogP contribution in [-0.2, 0) is 0 Å². The van der Waals surface area contributed by atoms with Crippen LogP contribution in [-0.4, -0.2) is 24.8 Å². The molecule has 2 heteroatoms. The molecule has 12 heavy (non-hydrogen) atoms. The van der Waals surface area contributed by atoms with Crippen LogP contribution in [0.4, 0.5) is 0 Å². The summed E-state index contributed by atoms with van der Waals surface area (Å²) in [6.07, 6.45) is 1.35. The number of hydrogen-bond donors (Lipinski definition) is 2. The van der Waals surface area contributed by atoms with Crippen LogP contribution in [0, 0.1) is 17.3 Å². The van der Waals surface area contributed by atoms with Crippen molar-refractivity contribution in [3.05, 3.63) is 0 Å². The smallest absolute Gasteiger partial charge is 0.0468 e. The number of aliphatic hydroxyl groups excluding tert-OH is 1. The topological polar surface area (TPSA) is 32.3 Å². The maximum absolute atomic E-state index is 8.78. The molecule has 0 radical (unpaired) electrons. The van der Waals surface area contributed by atoms with Crippen LogP contribution < -0.4 is 5.32 Å². The lowest BCUT2D eigenvalue weighted by Crippen LogP contribution is -2.25. The molecule has 2 atom stereocenters. The van der Waals surface area contributed by atoms with Crippen molar-refractivity contribution in [3.63, 3.8) is 0 Å². The third-order valence-electron chi connectivity index (χ3n) is 2.91. The zero-order valence-corrected chi connectivity index (χ0v) is 8.43. The zero-order chi connectivity index (χ0) is 9.19. The molecular formula is C10H21NO. The van der Waals surface area contributed by atoms with E-state index >= 15 is 0 Å². The molecule has 2 N–H and O–H groups in total. The Labute approximate surface area is 75.4 Å². The highest BCUT2D eigenvalue weighted by atomic mass is 16.3. The van der Waals surface area contributed by atoms with Gasteiger partial charge in [0.25, 0.3) is 0 Å². The minimum atomic E-state index is 0.293. The van der Waals surface area contributed by atoms with Gasteiger partial charge in [-0.1, -0.05) is 20.8 Å². The Morgan fingerprint density at radius 2 is 2.17 bits per heavy atom. The Bertz CT molecular complexity index is 145. The Hall–Kier alpha value is -0.0800. The molecule has 1 rings (SSSR count). The lowest BCUT2D eigenvalue weighted by atomic mass is 10.1. The predicted molar refractivity (Wildman–Crippen MR) is 51.0 cm³/mol. The van der Waals surface area contributed by atoms with Gasteiger partial charge in [-0.25, -0.2) is 0 Å². The summed E-state index contributed by atoms with van der Waals surface area (Å²) < 4.78 is 0. The third-order valence-corrected chi connectivity index (χ3v) is 2.91. The summed E-state index contributed by atoms with van der Waals surface area (Å²) >= 11 is 0. The van der Waals surface area contributed by atoms with Crippen LogP contribution >= 0.6 is 0 Å². The van der Waals surface area contributed by atoms with Crippen LogP contribution in [0.5, 0.6) is 0 Å². The van der Waals surface area contributed by atoms with Gasteiger partial charge in [-0.15, -0.1) is 0 Å². The van der Waals surface area contributed by atoms with Gasteiger partial charge < -0.3 is 10.4 Å². The van der Waals surface area contributed by atoms with Gasteiger partial charge in [-0.3, -0.25) is 0 Å². The van der Waals surface area contributed by atoms with E-state index in [0.717, 1.165) is 19.0 Å². The maximum atomic E-state index is 8.78. The average molecular weight is 171 g/mol. The fraction of sp³-hybridized carbons (Fsp3) is 1.00. The summed E-state index contributed by atoms with van der Waals surface area (Å²) in [5, 5.41) is 12.2. The number of nitrogens with one attached hydrogen (secondary N) is 1. The highest BCUT2D eigenvalue weighted by Gasteiger charge is 2.44. The summed E-state index contributed by atoms with van der Waals surface area (Å²) in [4.78, 5) is 0. The first kappa shape index (κ1) is 10.0. The zero-order valence-electron chi connectivity index (χ0n) is 8.43. The molecule has 1 fully saturated rings. The molecule has 2 nitrogen and oxygen atoms in total. The molecule has 0 aromatic heterocycles. The Morgan fingerprint density at radius 1 is 1.58 bits per heavy atom. The molecular weight excluding hydrogens is 150 g/mol. The minimum absolute atomic E-state index is 0.293. The second-order valence-electron chi connectivity index (χ2n) is 4.84. The van der Waals surface area contributed by atoms with E-state index in [1.165, 1.54) is 6.42 Å². The lowest BCUT2D eigenvalue weighted by Gasteiger charge is -2.09. The highest BCUT2D eigenvalue weighted by Crippen LogP contribution is 2.50. The van der Waals surface area contributed by atoms with Gasteiger partial charge in [-0.2, -0.15) is 0 Å². The number of hydrogen-bond acceptors (Lipinski definition) is 2. The van der Waals surface area contributed by atoms with Gasteiger partial charge in [0.1, 0.15) is 0 Å². The van der Waals surface area contributed by atoms with Gasteiger partial charge in [0.2, 0.25) is 0 Å². The summed E-state index contributed by atoms with van der Waals surface area (Å²) in [5.74, 6) is 1.26. The van der Waals surface area contributed by atoms with Crippen LogP contribution in [0.15, 0.2) is 0 Å². The van der Waals surface area contributed by atoms with Crippen LogP contribution in [0.25, 0.3) is 0 Å². The average Bonchev–Trinajstić information content (AvgIpc) is 2.59. The van der Waals surface area contributed by atoms with Gasteiger partial charge in [0.15, 0.2) is 0 Å². The van der Waals surface area contributed by atoms with Crippen molar-refractivity contribution >= 4 is 0 Å². The standard InChI is InChI=1S/C10H21NO/c1-8(7-12)5-11-6-9-4-10(9,2)3/h8-9,11-12H,4-7H2,1-3H3. The van der Waals surface area contributed by atoms with Crippen LogP contribution in [0.1, 0.15) is 27.2 Å². The van der Waals surface area contributed by atoms with E-state index in [-0.39, 0.29) is 0 Å². The SMILES string of the molecule is CC(CO)CNCC1CC1(C)C. The molecule has 0 aromatic carbocycles.